The van der Waals surface area contributed by atoms with Gasteiger partial charge >= 0.3 is 0 Å². The smallest absolute Gasteiger partial charge is 0.137 e. The lowest BCUT2D eigenvalue weighted by Gasteiger charge is -2.17. The third-order valence-corrected chi connectivity index (χ3v) is 4.50. The average Bonchev–Trinajstić information content (AvgIpc) is 2.37. The largest absolute Gasteiger partial charge is 0.392 e. The lowest BCUT2D eigenvalue weighted by molar-refractivity contribution is 0.196. The van der Waals surface area contributed by atoms with Crippen LogP contribution in [0.15, 0.2) is 23.1 Å². The molecular weight excluding hydrogens is 261 g/mol. The molecule has 0 spiro atoms. The number of aliphatic hydroxyl groups is 1. The van der Waals surface area contributed by atoms with Gasteiger partial charge in [0.2, 0.25) is 0 Å². The zero-order valence-corrected chi connectivity index (χ0v) is 12.9. The van der Waals surface area contributed by atoms with Crippen molar-refractivity contribution < 1.29 is 9.50 Å². The highest BCUT2D eigenvalue weighted by atomic mass is 32.2. The first-order valence-corrected chi connectivity index (χ1v) is 7.71. The minimum atomic E-state index is -0.450. The van der Waals surface area contributed by atoms with Gasteiger partial charge in [-0.15, -0.1) is 11.8 Å². The van der Waals surface area contributed by atoms with Crippen molar-refractivity contribution in [1.29, 1.82) is 0 Å². The summed E-state index contributed by atoms with van der Waals surface area (Å²) >= 11 is 1.37. The molecule has 19 heavy (non-hydrogen) atoms. The SMILES string of the molecule is CCCNC(C)c1ccc(SC(C)C(C)O)c(F)c1. The Bertz CT molecular complexity index is 398. The molecule has 1 rings (SSSR count). The predicted octanol–water partition coefficient (Wildman–Crippen LogP) is 3.75. The minimum Gasteiger partial charge on any atom is -0.392 e. The fourth-order valence-corrected chi connectivity index (χ4v) is 2.58. The van der Waals surface area contributed by atoms with Crippen LogP contribution < -0.4 is 5.32 Å². The maximum atomic E-state index is 14.0. The van der Waals surface area contributed by atoms with Crippen LogP contribution in [0.2, 0.25) is 0 Å². The van der Waals surface area contributed by atoms with Gasteiger partial charge < -0.3 is 10.4 Å². The van der Waals surface area contributed by atoms with E-state index in [1.54, 1.807) is 19.1 Å². The van der Waals surface area contributed by atoms with E-state index in [1.165, 1.54) is 11.8 Å². The van der Waals surface area contributed by atoms with Gasteiger partial charge in [-0.3, -0.25) is 0 Å². The number of thioether (sulfide) groups is 1. The average molecular weight is 285 g/mol. The Balaban J connectivity index is 2.74. The summed E-state index contributed by atoms with van der Waals surface area (Å²) in [7, 11) is 0. The molecule has 0 radical (unpaired) electrons. The Hall–Kier alpha value is -0.580. The van der Waals surface area contributed by atoms with Crippen LogP contribution in [0, 0.1) is 5.82 Å². The summed E-state index contributed by atoms with van der Waals surface area (Å²) < 4.78 is 14.0. The molecule has 3 atom stereocenters. The molecule has 0 saturated carbocycles. The second-order valence-corrected chi connectivity index (χ2v) is 6.35. The molecule has 1 aromatic rings. The summed E-state index contributed by atoms with van der Waals surface area (Å²) in [6.45, 7) is 8.69. The first-order chi connectivity index (χ1) is 8.95. The van der Waals surface area contributed by atoms with Crippen LogP contribution in [0.5, 0.6) is 0 Å². The molecule has 0 aliphatic heterocycles. The molecule has 0 aliphatic carbocycles. The van der Waals surface area contributed by atoms with Gasteiger partial charge in [0.05, 0.1) is 6.10 Å². The van der Waals surface area contributed by atoms with E-state index < -0.39 is 6.10 Å². The van der Waals surface area contributed by atoms with Crippen molar-refractivity contribution in [3.8, 4) is 0 Å². The highest BCUT2D eigenvalue weighted by Gasteiger charge is 2.14. The second-order valence-electron chi connectivity index (χ2n) is 4.93. The summed E-state index contributed by atoms with van der Waals surface area (Å²) in [4.78, 5) is 0.597. The van der Waals surface area contributed by atoms with E-state index in [4.69, 9.17) is 0 Å². The fraction of sp³-hybridized carbons (Fsp3) is 0.600. The van der Waals surface area contributed by atoms with E-state index in [0.717, 1.165) is 18.5 Å². The molecular formula is C15H24FNOS. The first kappa shape index (κ1) is 16.5. The number of nitrogens with one attached hydrogen (secondary N) is 1. The number of aliphatic hydroxyl groups excluding tert-OH is 1. The van der Waals surface area contributed by atoms with Crippen LogP contribution in [-0.2, 0) is 0 Å². The molecule has 0 heterocycles. The zero-order valence-electron chi connectivity index (χ0n) is 12.1. The summed E-state index contributed by atoms with van der Waals surface area (Å²) in [5.41, 5.74) is 0.958. The lowest BCUT2D eigenvalue weighted by Crippen LogP contribution is -2.19. The van der Waals surface area contributed by atoms with Crippen molar-refractivity contribution in [2.45, 2.75) is 56.4 Å². The first-order valence-electron chi connectivity index (χ1n) is 6.83. The van der Waals surface area contributed by atoms with Crippen molar-refractivity contribution in [3.05, 3.63) is 29.6 Å². The van der Waals surface area contributed by atoms with E-state index in [2.05, 4.69) is 12.2 Å². The van der Waals surface area contributed by atoms with Crippen molar-refractivity contribution in [2.75, 3.05) is 6.54 Å². The molecule has 3 unspecified atom stereocenters. The highest BCUT2D eigenvalue weighted by molar-refractivity contribution is 8.00. The molecule has 0 aromatic heterocycles. The molecule has 108 valence electrons. The number of rotatable bonds is 7. The Labute approximate surface area is 119 Å². The summed E-state index contributed by atoms with van der Waals surface area (Å²) in [5.74, 6) is -0.208. The third kappa shape index (κ3) is 5.13. The summed E-state index contributed by atoms with van der Waals surface area (Å²) in [6.07, 6.45) is 0.612. The molecule has 0 amide bonds. The molecule has 2 nitrogen and oxygen atoms in total. The second kappa shape index (κ2) is 7.88. The molecule has 0 aliphatic rings. The standard InChI is InChI=1S/C15H24FNOS/c1-5-8-17-10(2)13-6-7-15(14(16)9-13)19-12(4)11(3)18/h6-7,9-12,17-18H,5,8H2,1-4H3. The van der Waals surface area contributed by atoms with Gasteiger partial charge in [0.1, 0.15) is 5.82 Å². The van der Waals surface area contributed by atoms with Crippen LogP contribution in [0.4, 0.5) is 4.39 Å². The maximum Gasteiger partial charge on any atom is 0.137 e. The third-order valence-electron chi connectivity index (χ3n) is 3.15. The predicted molar refractivity (Wildman–Crippen MR) is 80.1 cm³/mol. The van der Waals surface area contributed by atoms with Crippen LogP contribution >= 0.6 is 11.8 Å². The van der Waals surface area contributed by atoms with Crippen molar-refractivity contribution in [1.82, 2.24) is 5.32 Å². The maximum absolute atomic E-state index is 14.0. The van der Waals surface area contributed by atoms with Crippen LogP contribution in [0.3, 0.4) is 0 Å². The van der Waals surface area contributed by atoms with Gasteiger partial charge in [-0.1, -0.05) is 19.9 Å². The van der Waals surface area contributed by atoms with Crippen molar-refractivity contribution in [3.63, 3.8) is 0 Å². The van der Waals surface area contributed by atoms with E-state index in [9.17, 15) is 9.50 Å². The topological polar surface area (TPSA) is 32.3 Å². The summed E-state index contributed by atoms with van der Waals surface area (Å²) in [5, 5.41) is 12.8. The van der Waals surface area contributed by atoms with E-state index >= 15 is 0 Å². The quantitative estimate of drug-likeness (QED) is 0.748. The minimum absolute atomic E-state index is 0.0176. The van der Waals surface area contributed by atoms with Crippen LogP contribution in [0.1, 0.15) is 45.7 Å². The van der Waals surface area contributed by atoms with Gasteiger partial charge in [0.15, 0.2) is 0 Å². The highest BCUT2D eigenvalue weighted by Crippen LogP contribution is 2.29. The Morgan fingerprint density at radius 2 is 2.00 bits per heavy atom. The molecule has 0 saturated heterocycles. The van der Waals surface area contributed by atoms with Gasteiger partial charge in [-0.25, -0.2) is 4.39 Å². The zero-order chi connectivity index (χ0) is 14.4. The van der Waals surface area contributed by atoms with Crippen LogP contribution in [0.25, 0.3) is 0 Å². The van der Waals surface area contributed by atoms with Crippen LogP contribution in [-0.4, -0.2) is 23.0 Å². The van der Waals surface area contributed by atoms with E-state index in [0.29, 0.717) is 4.90 Å². The van der Waals surface area contributed by atoms with Crippen molar-refractivity contribution >= 4 is 11.8 Å². The monoisotopic (exact) mass is 285 g/mol. The van der Waals surface area contributed by atoms with Crippen molar-refractivity contribution in [2.24, 2.45) is 0 Å². The molecule has 0 bridgehead atoms. The fourth-order valence-electron chi connectivity index (χ4n) is 1.66. The van der Waals surface area contributed by atoms with Gasteiger partial charge in [0, 0.05) is 16.2 Å². The molecule has 0 fully saturated rings. The van der Waals surface area contributed by atoms with Gasteiger partial charge in [-0.05, 0) is 44.5 Å². The van der Waals surface area contributed by atoms with E-state index in [-0.39, 0.29) is 17.1 Å². The number of benzene rings is 1. The molecule has 1 aromatic carbocycles. The van der Waals surface area contributed by atoms with Gasteiger partial charge in [0.25, 0.3) is 0 Å². The Kier molecular flexibility index (Phi) is 6.83. The Morgan fingerprint density at radius 1 is 1.32 bits per heavy atom. The Morgan fingerprint density at radius 3 is 2.53 bits per heavy atom. The number of halogens is 1. The normalized spacial score (nSPS) is 16.1. The number of hydrogen-bond acceptors (Lipinski definition) is 3. The number of hydrogen-bond donors (Lipinski definition) is 2. The summed E-state index contributed by atoms with van der Waals surface area (Å²) in [6, 6.07) is 5.50. The molecule has 4 heteroatoms. The molecule has 2 N–H and O–H groups in total. The lowest BCUT2D eigenvalue weighted by atomic mass is 10.1. The van der Waals surface area contributed by atoms with Gasteiger partial charge in [-0.2, -0.15) is 0 Å². The van der Waals surface area contributed by atoms with E-state index in [1.807, 2.05) is 19.9 Å².